The Kier molecular flexibility index (Phi) is 5.28. The van der Waals surface area contributed by atoms with Crippen LogP contribution in [0.15, 0.2) is 42.7 Å². The number of anilines is 1. The minimum atomic E-state index is -4.42. The molecule has 2 aromatic carbocycles. The second kappa shape index (κ2) is 7.64. The summed E-state index contributed by atoms with van der Waals surface area (Å²) in [6.45, 7) is 2.02. The smallest absolute Gasteiger partial charge is 0.244 e. The maximum atomic E-state index is 13.0. The zero-order valence-electron chi connectivity index (χ0n) is 15.8. The van der Waals surface area contributed by atoms with Crippen LogP contribution in [0.4, 0.5) is 18.3 Å². The lowest BCUT2D eigenvalue weighted by Crippen LogP contribution is -2.39. The highest BCUT2D eigenvalue weighted by Gasteiger charge is 2.32. The van der Waals surface area contributed by atoms with Crippen LogP contribution >= 0.6 is 11.5 Å². The van der Waals surface area contributed by atoms with Crippen LogP contribution in [0.25, 0.3) is 11.1 Å². The lowest BCUT2D eigenvalue weighted by molar-refractivity contribution is -0.137. The topological polar surface area (TPSA) is 75.2 Å². The van der Waals surface area contributed by atoms with Gasteiger partial charge in [-0.1, -0.05) is 24.3 Å². The molecule has 0 spiro atoms. The predicted molar refractivity (Wildman–Crippen MR) is 108 cm³/mol. The van der Waals surface area contributed by atoms with E-state index >= 15 is 0 Å². The molecule has 1 aliphatic heterocycles. The molecular formula is C19H17F3N4O2S2. The van der Waals surface area contributed by atoms with Crippen LogP contribution in [0, 0.1) is 6.92 Å². The van der Waals surface area contributed by atoms with Crippen molar-refractivity contribution in [3.63, 3.8) is 0 Å². The quantitative estimate of drug-likeness (QED) is 0.640. The number of benzene rings is 2. The Balaban J connectivity index is 1.69. The normalized spacial score (nSPS) is 15.1. The van der Waals surface area contributed by atoms with Crippen LogP contribution in [0.5, 0.6) is 0 Å². The van der Waals surface area contributed by atoms with E-state index in [-0.39, 0.29) is 18.2 Å². The molecule has 0 bridgehead atoms. The van der Waals surface area contributed by atoms with Gasteiger partial charge in [-0.05, 0) is 53.3 Å². The molecule has 0 saturated heterocycles. The minimum Gasteiger partial charge on any atom is -0.244 e. The summed E-state index contributed by atoms with van der Waals surface area (Å²) in [6, 6.07) is 9.18. The zero-order chi connectivity index (χ0) is 21.5. The number of nitrogens with one attached hydrogen (secondary N) is 1. The summed E-state index contributed by atoms with van der Waals surface area (Å²) >= 11 is 0.935. The molecule has 11 heteroatoms. The van der Waals surface area contributed by atoms with E-state index in [1.54, 1.807) is 6.92 Å². The molecule has 0 aliphatic carbocycles. The van der Waals surface area contributed by atoms with Gasteiger partial charge in [-0.25, -0.2) is 9.71 Å². The fourth-order valence-electron chi connectivity index (χ4n) is 3.55. The van der Waals surface area contributed by atoms with Crippen molar-refractivity contribution in [1.29, 1.82) is 0 Å². The van der Waals surface area contributed by atoms with Gasteiger partial charge in [0.1, 0.15) is 6.33 Å². The number of aryl methyl sites for hydroxylation is 1. The Bertz CT molecular complexity index is 1180. The zero-order valence-corrected chi connectivity index (χ0v) is 17.4. The maximum Gasteiger partial charge on any atom is 0.416 e. The molecule has 2 heterocycles. The average molecular weight is 454 g/mol. The molecule has 1 N–H and O–H groups in total. The van der Waals surface area contributed by atoms with E-state index in [1.807, 2.05) is 18.2 Å². The maximum absolute atomic E-state index is 13.0. The summed E-state index contributed by atoms with van der Waals surface area (Å²) in [5.74, 6) is 0. The first kappa shape index (κ1) is 20.8. The van der Waals surface area contributed by atoms with Crippen LogP contribution in [-0.4, -0.2) is 28.6 Å². The lowest BCUT2D eigenvalue weighted by atomic mass is 9.89. The number of aromatic nitrogens is 2. The van der Waals surface area contributed by atoms with E-state index in [2.05, 4.69) is 14.1 Å². The van der Waals surface area contributed by atoms with Crippen molar-refractivity contribution in [3.05, 3.63) is 65.0 Å². The van der Waals surface area contributed by atoms with Crippen LogP contribution < -0.4 is 4.72 Å². The molecule has 0 unspecified atom stereocenters. The van der Waals surface area contributed by atoms with Crippen molar-refractivity contribution >= 4 is 26.9 Å². The molecule has 1 aromatic heterocycles. The first-order chi connectivity index (χ1) is 14.1. The van der Waals surface area contributed by atoms with Gasteiger partial charge in [0.05, 0.1) is 5.56 Å². The second-order valence-electron chi connectivity index (χ2n) is 6.91. The standard InChI is InChI=1S/C19H17F3N4O2S2/c1-12-9-14(19(20,21)22)5-6-15(12)16-4-2-3-13-7-8-26(10-17(13)16)30(27,28)25-18-23-11-24-29-18/h2-6,9,11H,7-8,10H2,1H3,(H,23,24,25). The van der Waals surface area contributed by atoms with E-state index in [0.29, 0.717) is 17.5 Å². The fourth-order valence-corrected chi connectivity index (χ4v) is 5.34. The van der Waals surface area contributed by atoms with Crippen molar-refractivity contribution in [2.75, 3.05) is 11.3 Å². The molecule has 158 valence electrons. The lowest BCUT2D eigenvalue weighted by Gasteiger charge is -2.29. The van der Waals surface area contributed by atoms with E-state index in [1.165, 1.54) is 16.7 Å². The monoisotopic (exact) mass is 454 g/mol. The fraction of sp³-hybridized carbons (Fsp3) is 0.263. The Morgan fingerprint density at radius 2 is 1.97 bits per heavy atom. The van der Waals surface area contributed by atoms with Crippen LogP contribution in [0.2, 0.25) is 0 Å². The molecule has 1 aliphatic rings. The van der Waals surface area contributed by atoms with E-state index in [4.69, 9.17) is 0 Å². The first-order valence-corrected chi connectivity index (χ1v) is 11.2. The number of fused-ring (bicyclic) bond motifs is 1. The Hall–Kier alpha value is -2.50. The first-order valence-electron chi connectivity index (χ1n) is 8.99. The molecule has 0 radical (unpaired) electrons. The third kappa shape index (κ3) is 4.05. The van der Waals surface area contributed by atoms with Crippen LogP contribution in [-0.2, 0) is 29.4 Å². The van der Waals surface area contributed by atoms with Gasteiger partial charge >= 0.3 is 16.4 Å². The Labute approximate surface area is 175 Å². The highest BCUT2D eigenvalue weighted by atomic mass is 32.2. The van der Waals surface area contributed by atoms with E-state index in [9.17, 15) is 21.6 Å². The van der Waals surface area contributed by atoms with Crippen molar-refractivity contribution in [2.45, 2.75) is 26.1 Å². The molecule has 4 rings (SSSR count). The van der Waals surface area contributed by atoms with Crippen LogP contribution in [0.3, 0.4) is 0 Å². The van der Waals surface area contributed by atoms with E-state index in [0.717, 1.165) is 40.4 Å². The van der Waals surface area contributed by atoms with Gasteiger partial charge in [-0.15, -0.1) is 0 Å². The molecule has 0 atom stereocenters. The number of rotatable bonds is 4. The largest absolute Gasteiger partial charge is 0.416 e. The predicted octanol–water partition coefficient (Wildman–Crippen LogP) is 4.25. The number of halogens is 3. The number of hydrogen-bond donors (Lipinski definition) is 1. The Morgan fingerprint density at radius 1 is 1.17 bits per heavy atom. The molecule has 3 aromatic rings. The van der Waals surface area contributed by atoms with Gasteiger partial charge in [0.2, 0.25) is 5.13 Å². The van der Waals surface area contributed by atoms with Crippen molar-refractivity contribution < 1.29 is 21.6 Å². The van der Waals surface area contributed by atoms with Gasteiger partial charge < -0.3 is 0 Å². The molecule has 6 nitrogen and oxygen atoms in total. The van der Waals surface area contributed by atoms with Gasteiger partial charge in [-0.3, -0.25) is 0 Å². The summed E-state index contributed by atoms with van der Waals surface area (Å²) in [5, 5.41) is 0.174. The summed E-state index contributed by atoms with van der Waals surface area (Å²) in [6.07, 6.45) is -2.65. The van der Waals surface area contributed by atoms with Crippen LogP contribution in [0.1, 0.15) is 22.3 Å². The number of nitrogens with zero attached hydrogens (tertiary/aromatic N) is 3. The molecule has 0 amide bonds. The summed E-state index contributed by atoms with van der Waals surface area (Å²) < 4.78 is 72.1. The highest BCUT2D eigenvalue weighted by Crippen LogP contribution is 2.36. The van der Waals surface area contributed by atoms with Gasteiger partial charge in [0, 0.05) is 24.6 Å². The van der Waals surface area contributed by atoms with Crippen molar-refractivity contribution in [2.24, 2.45) is 0 Å². The van der Waals surface area contributed by atoms with Gasteiger partial charge in [0.15, 0.2) is 0 Å². The molecule has 0 saturated carbocycles. The average Bonchev–Trinajstić information content (AvgIpc) is 3.19. The van der Waals surface area contributed by atoms with Gasteiger partial charge in [-0.2, -0.15) is 30.3 Å². The summed E-state index contributed by atoms with van der Waals surface area (Å²) in [5.41, 5.74) is 2.92. The van der Waals surface area contributed by atoms with Crippen molar-refractivity contribution in [3.8, 4) is 11.1 Å². The van der Waals surface area contributed by atoms with Gasteiger partial charge in [0.25, 0.3) is 0 Å². The third-order valence-corrected chi connectivity index (χ3v) is 7.15. The minimum absolute atomic E-state index is 0.111. The second-order valence-corrected chi connectivity index (χ2v) is 9.36. The molecule has 30 heavy (non-hydrogen) atoms. The van der Waals surface area contributed by atoms with Crippen molar-refractivity contribution in [1.82, 2.24) is 13.7 Å². The number of hydrogen-bond acceptors (Lipinski definition) is 5. The third-order valence-electron chi connectivity index (χ3n) is 5.00. The summed E-state index contributed by atoms with van der Waals surface area (Å²) in [7, 11) is -3.84. The Morgan fingerprint density at radius 3 is 2.63 bits per heavy atom. The molecular weight excluding hydrogens is 437 g/mol. The summed E-state index contributed by atoms with van der Waals surface area (Å²) in [4.78, 5) is 3.84. The highest BCUT2D eigenvalue weighted by molar-refractivity contribution is 7.90. The number of alkyl halides is 3. The SMILES string of the molecule is Cc1cc(C(F)(F)F)ccc1-c1cccc2c1CN(S(=O)(=O)Nc1ncns1)CC2. The van der Waals surface area contributed by atoms with E-state index < -0.39 is 21.9 Å². The molecule has 0 fully saturated rings.